The quantitative estimate of drug-likeness (QED) is 0.670. The summed E-state index contributed by atoms with van der Waals surface area (Å²) >= 11 is 13.6. The Kier molecular flexibility index (Phi) is 3.96. The van der Waals surface area contributed by atoms with Crippen LogP contribution in [0.2, 0.25) is 5.02 Å². The average molecular weight is 326 g/mol. The molecule has 104 valence electrons. The van der Waals surface area contributed by atoms with E-state index in [1.807, 2.05) is 6.07 Å². The third kappa shape index (κ3) is 2.55. The van der Waals surface area contributed by atoms with Crippen LogP contribution in [0.5, 0.6) is 0 Å². The molecule has 0 aliphatic heterocycles. The first-order valence-corrected chi connectivity index (χ1v) is 8.13. The summed E-state index contributed by atoms with van der Waals surface area (Å²) < 4.78 is 2.13. The maximum Gasteiger partial charge on any atom is 0.160 e. The maximum absolute atomic E-state index is 5.99. The molecule has 6 heteroatoms. The van der Waals surface area contributed by atoms with Crippen molar-refractivity contribution in [3.05, 3.63) is 45.0 Å². The SMILES string of the molecule is Cc1cscc1Cn1c(CCCl)nc2cc(Cl)cnc21. The number of alkyl halides is 1. The van der Waals surface area contributed by atoms with Gasteiger partial charge in [-0.05, 0) is 34.9 Å². The van der Waals surface area contributed by atoms with Crippen molar-refractivity contribution in [2.45, 2.75) is 19.9 Å². The average Bonchev–Trinajstić information content (AvgIpc) is 2.96. The molecule has 0 atom stereocenters. The van der Waals surface area contributed by atoms with E-state index in [1.54, 1.807) is 17.5 Å². The van der Waals surface area contributed by atoms with Crippen LogP contribution >= 0.6 is 34.5 Å². The highest BCUT2D eigenvalue weighted by molar-refractivity contribution is 7.08. The van der Waals surface area contributed by atoms with Gasteiger partial charge in [0.25, 0.3) is 0 Å². The molecular formula is C14H13Cl2N3S. The number of aryl methyl sites for hydroxylation is 2. The molecule has 0 N–H and O–H groups in total. The van der Waals surface area contributed by atoms with Gasteiger partial charge in [0.05, 0.1) is 11.6 Å². The predicted molar refractivity (Wildman–Crippen MR) is 85.1 cm³/mol. The fourth-order valence-corrected chi connectivity index (χ4v) is 3.36. The summed E-state index contributed by atoms with van der Waals surface area (Å²) in [4.78, 5) is 9.03. The van der Waals surface area contributed by atoms with Crippen LogP contribution in [0.3, 0.4) is 0 Å². The predicted octanol–water partition coefficient (Wildman–Crippen LogP) is 4.28. The van der Waals surface area contributed by atoms with Gasteiger partial charge in [0.1, 0.15) is 11.3 Å². The Morgan fingerprint density at radius 1 is 1.35 bits per heavy atom. The van der Waals surface area contributed by atoms with Crippen molar-refractivity contribution >= 4 is 45.7 Å². The third-order valence-electron chi connectivity index (χ3n) is 3.24. The molecule has 3 rings (SSSR count). The highest BCUT2D eigenvalue weighted by Crippen LogP contribution is 2.22. The summed E-state index contributed by atoms with van der Waals surface area (Å²) in [6.07, 6.45) is 2.38. The lowest BCUT2D eigenvalue weighted by molar-refractivity contribution is 0.746. The first-order valence-electron chi connectivity index (χ1n) is 6.27. The Bertz CT molecular complexity index is 748. The number of pyridine rings is 1. The molecule has 0 saturated heterocycles. The van der Waals surface area contributed by atoms with Gasteiger partial charge < -0.3 is 4.57 Å². The lowest BCUT2D eigenvalue weighted by Gasteiger charge is -2.07. The van der Waals surface area contributed by atoms with Gasteiger partial charge in [0.2, 0.25) is 0 Å². The zero-order chi connectivity index (χ0) is 14.1. The van der Waals surface area contributed by atoms with Crippen molar-refractivity contribution < 1.29 is 0 Å². The number of thiophene rings is 1. The first kappa shape index (κ1) is 13.9. The van der Waals surface area contributed by atoms with Gasteiger partial charge in [-0.2, -0.15) is 11.3 Å². The Hall–Kier alpha value is -1.10. The summed E-state index contributed by atoms with van der Waals surface area (Å²) in [6, 6.07) is 1.85. The third-order valence-corrected chi connectivity index (χ3v) is 4.54. The summed E-state index contributed by atoms with van der Waals surface area (Å²) in [7, 11) is 0. The van der Waals surface area contributed by atoms with Crippen molar-refractivity contribution in [2.24, 2.45) is 0 Å². The molecule has 20 heavy (non-hydrogen) atoms. The number of hydrogen-bond acceptors (Lipinski definition) is 3. The molecule has 0 amide bonds. The number of fused-ring (bicyclic) bond motifs is 1. The van der Waals surface area contributed by atoms with E-state index in [0.717, 1.165) is 30.0 Å². The van der Waals surface area contributed by atoms with E-state index in [2.05, 4.69) is 32.2 Å². The van der Waals surface area contributed by atoms with E-state index in [4.69, 9.17) is 23.2 Å². The molecule has 3 aromatic heterocycles. The van der Waals surface area contributed by atoms with Gasteiger partial charge in [0.15, 0.2) is 5.65 Å². The van der Waals surface area contributed by atoms with E-state index < -0.39 is 0 Å². The molecule has 0 aliphatic rings. The van der Waals surface area contributed by atoms with Crippen molar-refractivity contribution in [1.82, 2.24) is 14.5 Å². The lowest BCUT2D eigenvalue weighted by Crippen LogP contribution is -2.06. The molecule has 3 aromatic rings. The van der Waals surface area contributed by atoms with Gasteiger partial charge in [-0.15, -0.1) is 11.6 Å². The second-order valence-electron chi connectivity index (χ2n) is 4.63. The molecule has 0 unspecified atom stereocenters. The van der Waals surface area contributed by atoms with Crippen LogP contribution in [0.4, 0.5) is 0 Å². The standard InChI is InChI=1S/C14H13Cl2N3S/c1-9-7-20-8-10(9)6-19-13(2-3-15)18-12-4-11(16)5-17-14(12)19/h4-5,7-8H,2-3,6H2,1H3. The van der Waals surface area contributed by atoms with Crippen molar-refractivity contribution in [3.63, 3.8) is 0 Å². The van der Waals surface area contributed by atoms with Gasteiger partial charge in [0, 0.05) is 18.5 Å². The number of imidazole rings is 1. The molecule has 0 fully saturated rings. The molecule has 0 aromatic carbocycles. The zero-order valence-corrected chi connectivity index (χ0v) is 13.3. The van der Waals surface area contributed by atoms with E-state index in [-0.39, 0.29) is 0 Å². The Morgan fingerprint density at radius 3 is 2.90 bits per heavy atom. The fraction of sp³-hybridized carbons (Fsp3) is 0.286. The number of aromatic nitrogens is 3. The summed E-state index contributed by atoms with van der Waals surface area (Å²) in [5, 5.41) is 4.92. The van der Waals surface area contributed by atoms with Crippen LogP contribution in [0, 0.1) is 6.92 Å². The van der Waals surface area contributed by atoms with Gasteiger partial charge in [-0.25, -0.2) is 9.97 Å². The molecule has 0 bridgehead atoms. The Labute approximate surface area is 131 Å². The molecule has 0 aliphatic carbocycles. The summed E-state index contributed by atoms with van der Waals surface area (Å²) in [5.41, 5.74) is 4.27. The molecule has 0 spiro atoms. The second-order valence-corrected chi connectivity index (χ2v) is 6.19. The monoisotopic (exact) mass is 325 g/mol. The maximum atomic E-state index is 5.99. The minimum Gasteiger partial charge on any atom is -0.308 e. The summed E-state index contributed by atoms with van der Waals surface area (Å²) in [5.74, 6) is 1.50. The first-order chi connectivity index (χ1) is 9.69. The highest BCUT2D eigenvalue weighted by Gasteiger charge is 2.13. The summed E-state index contributed by atoms with van der Waals surface area (Å²) in [6.45, 7) is 2.89. The van der Waals surface area contributed by atoms with E-state index in [0.29, 0.717) is 10.9 Å². The van der Waals surface area contributed by atoms with Gasteiger partial charge in [-0.3, -0.25) is 0 Å². The molecular weight excluding hydrogens is 313 g/mol. The zero-order valence-electron chi connectivity index (χ0n) is 10.9. The Balaban J connectivity index is 2.11. The van der Waals surface area contributed by atoms with Crippen LogP contribution in [0.25, 0.3) is 11.2 Å². The van der Waals surface area contributed by atoms with Gasteiger partial charge >= 0.3 is 0 Å². The molecule has 3 heterocycles. The van der Waals surface area contributed by atoms with Crippen molar-refractivity contribution in [2.75, 3.05) is 5.88 Å². The molecule has 0 saturated carbocycles. The Morgan fingerprint density at radius 2 is 2.20 bits per heavy atom. The number of halogens is 2. The van der Waals surface area contributed by atoms with Crippen LogP contribution in [0.15, 0.2) is 23.0 Å². The van der Waals surface area contributed by atoms with E-state index >= 15 is 0 Å². The molecule has 0 radical (unpaired) electrons. The smallest absolute Gasteiger partial charge is 0.160 e. The molecule has 3 nitrogen and oxygen atoms in total. The minimum absolute atomic E-state index is 0.541. The van der Waals surface area contributed by atoms with Crippen LogP contribution in [-0.4, -0.2) is 20.4 Å². The second kappa shape index (κ2) is 5.72. The number of nitrogens with zero attached hydrogens (tertiary/aromatic N) is 3. The van der Waals surface area contributed by atoms with Crippen LogP contribution in [0.1, 0.15) is 17.0 Å². The van der Waals surface area contributed by atoms with Gasteiger partial charge in [-0.1, -0.05) is 11.6 Å². The van der Waals surface area contributed by atoms with Crippen LogP contribution in [-0.2, 0) is 13.0 Å². The lowest BCUT2D eigenvalue weighted by atomic mass is 10.2. The van der Waals surface area contributed by atoms with Crippen molar-refractivity contribution in [3.8, 4) is 0 Å². The minimum atomic E-state index is 0.541. The van der Waals surface area contributed by atoms with Crippen molar-refractivity contribution in [1.29, 1.82) is 0 Å². The fourth-order valence-electron chi connectivity index (χ4n) is 2.19. The number of rotatable bonds is 4. The normalized spacial score (nSPS) is 11.3. The largest absolute Gasteiger partial charge is 0.308 e. The van der Waals surface area contributed by atoms with Crippen LogP contribution < -0.4 is 0 Å². The highest BCUT2D eigenvalue weighted by atomic mass is 35.5. The van der Waals surface area contributed by atoms with E-state index in [9.17, 15) is 0 Å². The van der Waals surface area contributed by atoms with E-state index in [1.165, 1.54) is 11.1 Å². The topological polar surface area (TPSA) is 30.7 Å². The number of hydrogen-bond donors (Lipinski definition) is 0.